The highest BCUT2D eigenvalue weighted by Gasteiger charge is 2.17. The number of imidazole rings is 1. The van der Waals surface area contributed by atoms with Gasteiger partial charge in [-0.15, -0.1) is 0 Å². The first-order valence-corrected chi connectivity index (χ1v) is 10.6. The van der Waals surface area contributed by atoms with E-state index in [4.69, 9.17) is 9.72 Å². The van der Waals surface area contributed by atoms with E-state index in [-0.39, 0.29) is 11.5 Å². The summed E-state index contributed by atoms with van der Waals surface area (Å²) in [5, 5.41) is 3.78. The van der Waals surface area contributed by atoms with Crippen molar-refractivity contribution in [1.29, 1.82) is 0 Å². The molecule has 3 aromatic heterocycles. The Hall–Kier alpha value is -3.00. The lowest BCUT2D eigenvalue weighted by Crippen LogP contribution is -2.30. The van der Waals surface area contributed by atoms with Crippen molar-refractivity contribution in [3.63, 3.8) is 0 Å². The average molecular weight is 424 g/mol. The lowest BCUT2D eigenvalue weighted by Gasteiger charge is -2.20. The van der Waals surface area contributed by atoms with Crippen LogP contribution in [0.1, 0.15) is 39.3 Å². The number of aromatic nitrogens is 4. The summed E-state index contributed by atoms with van der Waals surface area (Å²) in [5.74, 6) is 0. The largest absolute Gasteiger partial charge is 0.449 e. The monoisotopic (exact) mass is 423 g/mol. The van der Waals surface area contributed by atoms with Crippen LogP contribution in [0.25, 0.3) is 32.0 Å². The maximum Gasteiger partial charge on any atom is 0.407 e. The first-order valence-electron chi connectivity index (χ1n) is 9.81. The number of ether oxygens (including phenoxy) is 1. The van der Waals surface area contributed by atoms with E-state index in [0.717, 1.165) is 37.5 Å². The molecule has 1 amide bonds. The van der Waals surface area contributed by atoms with Gasteiger partial charge in [-0.1, -0.05) is 50.3 Å². The number of amides is 1. The summed E-state index contributed by atoms with van der Waals surface area (Å²) in [6.45, 7) is 8.39. The molecule has 4 rings (SSSR count). The van der Waals surface area contributed by atoms with Gasteiger partial charge >= 0.3 is 6.09 Å². The predicted octanol–water partition coefficient (Wildman–Crippen LogP) is 5.08. The molecule has 0 unspecified atom stereocenters. The quantitative estimate of drug-likeness (QED) is 0.495. The number of rotatable bonds is 4. The Morgan fingerprint density at radius 1 is 1.30 bits per heavy atom. The fraction of sp³-hybridized carbons (Fsp3) is 0.364. The van der Waals surface area contributed by atoms with Gasteiger partial charge in [0.2, 0.25) is 0 Å². The average Bonchev–Trinajstić information content (AvgIpc) is 3.29. The third-order valence-corrected chi connectivity index (χ3v) is 5.72. The van der Waals surface area contributed by atoms with Crippen molar-refractivity contribution in [2.24, 2.45) is 12.5 Å². The van der Waals surface area contributed by atoms with Crippen molar-refractivity contribution >= 4 is 38.8 Å². The van der Waals surface area contributed by atoms with Crippen LogP contribution >= 0.6 is 11.3 Å². The predicted molar refractivity (Wildman–Crippen MR) is 119 cm³/mol. The second kappa shape index (κ2) is 7.68. The van der Waals surface area contributed by atoms with Gasteiger partial charge in [-0.05, 0) is 24.0 Å². The van der Waals surface area contributed by atoms with Crippen LogP contribution in [0.15, 0.2) is 36.8 Å². The molecule has 7 nitrogen and oxygen atoms in total. The van der Waals surface area contributed by atoms with E-state index in [1.165, 1.54) is 0 Å². The fourth-order valence-corrected chi connectivity index (χ4v) is 4.06. The molecule has 8 heteroatoms. The molecule has 0 saturated carbocycles. The lowest BCUT2D eigenvalue weighted by molar-refractivity contribution is 0.104. The molecule has 156 valence electrons. The van der Waals surface area contributed by atoms with Crippen LogP contribution in [-0.2, 0) is 11.8 Å². The molecule has 0 fully saturated rings. The summed E-state index contributed by atoms with van der Waals surface area (Å²) in [5.41, 5.74) is 4.58. The second-order valence-corrected chi connectivity index (χ2v) is 9.63. The number of nitrogens with one attached hydrogen (secondary N) is 1. The van der Waals surface area contributed by atoms with E-state index in [1.54, 1.807) is 23.9 Å². The Morgan fingerprint density at radius 2 is 2.10 bits per heavy atom. The van der Waals surface area contributed by atoms with E-state index < -0.39 is 6.09 Å². The van der Waals surface area contributed by atoms with E-state index >= 15 is 0 Å². The van der Waals surface area contributed by atoms with Gasteiger partial charge in [0.1, 0.15) is 20.9 Å². The fourth-order valence-electron chi connectivity index (χ4n) is 3.15. The number of carbonyl (C=O) groups is 1. The second-order valence-electron chi connectivity index (χ2n) is 8.65. The van der Waals surface area contributed by atoms with Gasteiger partial charge in [-0.3, -0.25) is 0 Å². The third kappa shape index (κ3) is 4.14. The minimum Gasteiger partial charge on any atom is -0.449 e. The maximum atomic E-state index is 12.1. The Morgan fingerprint density at radius 3 is 2.87 bits per heavy atom. The van der Waals surface area contributed by atoms with Crippen molar-refractivity contribution in [2.75, 3.05) is 6.61 Å². The Balaban J connectivity index is 1.58. The molecule has 0 aliphatic carbocycles. The number of hydrogen-bond acceptors (Lipinski definition) is 6. The number of thiazole rings is 1. The summed E-state index contributed by atoms with van der Waals surface area (Å²) < 4.78 is 7.29. The van der Waals surface area contributed by atoms with Gasteiger partial charge in [0.15, 0.2) is 0 Å². The summed E-state index contributed by atoms with van der Waals surface area (Å²) >= 11 is 1.55. The Labute approximate surface area is 179 Å². The minimum atomic E-state index is -0.411. The number of hydrogen-bond donors (Lipinski definition) is 1. The third-order valence-electron chi connectivity index (χ3n) is 4.71. The normalized spacial score (nSPS) is 13.0. The van der Waals surface area contributed by atoms with Gasteiger partial charge in [-0.2, -0.15) is 0 Å². The van der Waals surface area contributed by atoms with E-state index in [2.05, 4.69) is 15.3 Å². The van der Waals surface area contributed by atoms with Gasteiger partial charge < -0.3 is 14.6 Å². The van der Waals surface area contributed by atoms with Crippen molar-refractivity contribution in [3.05, 3.63) is 42.4 Å². The van der Waals surface area contributed by atoms with Crippen LogP contribution < -0.4 is 5.32 Å². The van der Waals surface area contributed by atoms with Crippen LogP contribution in [0.5, 0.6) is 0 Å². The summed E-state index contributed by atoms with van der Waals surface area (Å²) in [7, 11) is 1.96. The number of benzene rings is 1. The molecule has 0 spiro atoms. The highest BCUT2D eigenvalue weighted by molar-refractivity contribution is 7.21. The minimum absolute atomic E-state index is 0.0688. The molecule has 0 aliphatic rings. The molecule has 0 aliphatic heterocycles. The van der Waals surface area contributed by atoms with Gasteiger partial charge in [0.25, 0.3) is 0 Å². The van der Waals surface area contributed by atoms with Crippen LogP contribution in [-0.4, -0.2) is 32.2 Å². The van der Waals surface area contributed by atoms with Crippen LogP contribution in [0.3, 0.4) is 0 Å². The number of carbonyl (C=O) groups excluding carboxylic acids is 1. The summed E-state index contributed by atoms with van der Waals surface area (Å²) in [6, 6.07) is 7.85. The number of aryl methyl sites for hydroxylation is 1. The number of alkyl carbamates (subject to hydrolysis) is 1. The Kier molecular flexibility index (Phi) is 5.19. The Bertz CT molecular complexity index is 1220. The first kappa shape index (κ1) is 20.3. The van der Waals surface area contributed by atoms with Crippen molar-refractivity contribution < 1.29 is 9.53 Å². The van der Waals surface area contributed by atoms with Crippen LogP contribution in [0, 0.1) is 5.41 Å². The standard InChI is InChI=1S/C22H25N5O2S/c1-13(25-21(28)29-11-22(2,3)4)14-7-6-8-15(9-14)19-26-17-18-16(24-12-27(18)5)10-23-20(17)30-19/h6-10,12-13H,11H2,1-5H3,(H,25,28)/t13-/m0/s1. The van der Waals surface area contributed by atoms with Crippen molar-refractivity contribution in [3.8, 4) is 10.6 Å². The molecular formula is C22H25N5O2S. The maximum absolute atomic E-state index is 12.1. The van der Waals surface area contributed by atoms with E-state index in [0.29, 0.717) is 6.61 Å². The summed E-state index contributed by atoms with van der Waals surface area (Å²) in [4.78, 5) is 26.7. The van der Waals surface area contributed by atoms with Gasteiger partial charge in [-0.25, -0.2) is 19.7 Å². The van der Waals surface area contributed by atoms with Crippen molar-refractivity contribution in [2.45, 2.75) is 33.7 Å². The lowest BCUT2D eigenvalue weighted by atomic mass is 9.99. The summed E-state index contributed by atoms with van der Waals surface area (Å²) in [6.07, 6.45) is 3.15. The number of pyridine rings is 1. The number of nitrogens with zero attached hydrogens (tertiary/aromatic N) is 4. The highest BCUT2D eigenvalue weighted by Crippen LogP contribution is 2.33. The van der Waals surface area contributed by atoms with Gasteiger partial charge in [0.05, 0.1) is 30.7 Å². The van der Waals surface area contributed by atoms with E-state index in [1.807, 2.05) is 63.6 Å². The number of fused-ring (bicyclic) bond motifs is 3. The molecule has 4 aromatic rings. The van der Waals surface area contributed by atoms with Gasteiger partial charge in [0, 0.05) is 12.6 Å². The highest BCUT2D eigenvalue weighted by atomic mass is 32.1. The molecule has 0 bridgehead atoms. The van der Waals surface area contributed by atoms with E-state index in [9.17, 15) is 4.79 Å². The zero-order chi connectivity index (χ0) is 21.5. The van der Waals surface area contributed by atoms with Crippen LogP contribution in [0.2, 0.25) is 0 Å². The SMILES string of the molecule is C[C@H](NC(=O)OCC(C)(C)C)c1cccc(-c2nc3c(ncc4ncn(C)c43)s2)c1. The molecular weight excluding hydrogens is 398 g/mol. The smallest absolute Gasteiger partial charge is 0.407 e. The molecule has 1 aromatic carbocycles. The van der Waals surface area contributed by atoms with Crippen molar-refractivity contribution in [1.82, 2.24) is 24.8 Å². The zero-order valence-electron chi connectivity index (χ0n) is 17.8. The molecule has 1 atom stereocenters. The molecule has 30 heavy (non-hydrogen) atoms. The topological polar surface area (TPSA) is 81.9 Å². The first-order chi connectivity index (χ1) is 14.2. The van der Waals surface area contributed by atoms with Crippen LogP contribution in [0.4, 0.5) is 4.79 Å². The molecule has 1 N–H and O–H groups in total. The molecule has 0 radical (unpaired) electrons. The zero-order valence-corrected chi connectivity index (χ0v) is 18.6. The molecule has 3 heterocycles. The molecule has 0 saturated heterocycles.